The second kappa shape index (κ2) is 6.86. The van der Waals surface area contributed by atoms with Crippen LogP contribution in [0, 0.1) is 24.1 Å². The van der Waals surface area contributed by atoms with Crippen molar-refractivity contribution in [1.82, 2.24) is 4.90 Å². The summed E-state index contributed by atoms with van der Waals surface area (Å²) < 4.78 is 13.2. The number of rotatable bonds is 6. The molecule has 1 rings (SSSR count). The number of halogens is 1. The van der Waals surface area contributed by atoms with Gasteiger partial charge in [-0.2, -0.15) is 5.26 Å². The van der Waals surface area contributed by atoms with Crippen molar-refractivity contribution < 1.29 is 14.3 Å². The zero-order valence-electron chi connectivity index (χ0n) is 11.1. The minimum Gasteiger partial charge on any atom is -0.481 e. The summed E-state index contributed by atoms with van der Waals surface area (Å²) in [5, 5.41) is 18.0. The van der Waals surface area contributed by atoms with Crippen molar-refractivity contribution in [2.45, 2.75) is 26.3 Å². The van der Waals surface area contributed by atoms with Gasteiger partial charge in [-0.05, 0) is 30.7 Å². The predicted octanol–water partition coefficient (Wildman–Crippen LogP) is 2.50. The minimum absolute atomic E-state index is 0.0216. The average molecular weight is 264 g/mol. The number of hydrogen-bond acceptors (Lipinski definition) is 3. The largest absolute Gasteiger partial charge is 0.481 e. The highest BCUT2D eigenvalue weighted by Gasteiger charge is 2.20. The van der Waals surface area contributed by atoms with Gasteiger partial charge >= 0.3 is 5.97 Å². The Kier molecular flexibility index (Phi) is 5.46. The average Bonchev–Trinajstić information content (AvgIpc) is 2.37. The highest BCUT2D eigenvalue weighted by atomic mass is 19.1. The second-order valence-corrected chi connectivity index (χ2v) is 4.31. The van der Waals surface area contributed by atoms with E-state index in [0.29, 0.717) is 24.2 Å². The van der Waals surface area contributed by atoms with Gasteiger partial charge in [0.25, 0.3) is 0 Å². The summed E-state index contributed by atoms with van der Waals surface area (Å²) in [6, 6.07) is 6.13. The summed E-state index contributed by atoms with van der Waals surface area (Å²) in [6.07, 6.45) is -0.0216. The number of aliphatic carboxylic acids is 1. The first-order valence-corrected chi connectivity index (χ1v) is 6.11. The first-order valence-electron chi connectivity index (χ1n) is 6.11. The lowest BCUT2D eigenvalue weighted by molar-refractivity contribution is -0.137. The van der Waals surface area contributed by atoms with Crippen molar-refractivity contribution >= 4 is 5.97 Å². The van der Waals surface area contributed by atoms with Crippen LogP contribution in [-0.4, -0.2) is 29.1 Å². The lowest BCUT2D eigenvalue weighted by atomic mass is 10.0. The van der Waals surface area contributed by atoms with Crippen molar-refractivity contribution in [3.05, 3.63) is 35.1 Å². The zero-order chi connectivity index (χ0) is 14.4. The lowest BCUT2D eigenvalue weighted by Gasteiger charge is -2.25. The summed E-state index contributed by atoms with van der Waals surface area (Å²) in [6.45, 7) is 4.35. The number of hydrogen-bond donors (Lipinski definition) is 1. The number of aryl methyl sites for hydroxylation is 1. The Balaban J connectivity index is 2.94. The van der Waals surface area contributed by atoms with Crippen LogP contribution in [-0.2, 0) is 4.79 Å². The maximum Gasteiger partial charge on any atom is 0.304 e. The van der Waals surface area contributed by atoms with Gasteiger partial charge in [0, 0.05) is 6.54 Å². The third kappa shape index (κ3) is 4.04. The van der Waals surface area contributed by atoms with E-state index in [2.05, 4.69) is 6.07 Å². The fourth-order valence-electron chi connectivity index (χ4n) is 1.91. The maximum atomic E-state index is 13.2. The van der Waals surface area contributed by atoms with Crippen LogP contribution in [0.1, 0.15) is 30.5 Å². The fraction of sp³-hybridized carbons (Fsp3) is 0.429. The van der Waals surface area contributed by atoms with Crippen LogP contribution in [0.25, 0.3) is 0 Å². The number of carbonyl (C=O) groups is 1. The standard InChI is InChI=1S/C14H17FN2O2/c1-3-17(7-6-14(18)19)13(9-16)11-4-5-12(15)10(2)8-11/h4-5,8,13H,3,6-7H2,1-2H3,(H,18,19). The molecule has 0 heterocycles. The number of nitriles is 1. The van der Waals surface area contributed by atoms with E-state index in [-0.39, 0.29) is 12.2 Å². The molecule has 0 aliphatic carbocycles. The minimum atomic E-state index is -0.898. The van der Waals surface area contributed by atoms with Gasteiger partial charge in [0.1, 0.15) is 11.9 Å². The van der Waals surface area contributed by atoms with E-state index >= 15 is 0 Å². The number of carboxylic acids is 1. The van der Waals surface area contributed by atoms with Crippen molar-refractivity contribution in [3.63, 3.8) is 0 Å². The van der Waals surface area contributed by atoms with Crippen LogP contribution in [0.3, 0.4) is 0 Å². The Hall–Kier alpha value is -1.93. The Morgan fingerprint density at radius 3 is 2.74 bits per heavy atom. The highest BCUT2D eigenvalue weighted by Crippen LogP contribution is 2.22. The van der Waals surface area contributed by atoms with E-state index in [9.17, 15) is 14.4 Å². The van der Waals surface area contributed by atoms with Gasteiger partial charge in [0.05, 0.1) is 12.5 Å². The van der Waals surface area contributed by atoms with E-state index in [1.165, 1.54) is 6.07 Å². The van der Waals surface area contributed by atoms with Crippen molar-refractivity contribution in [3.8, 4) is 6.07 Å². The SMILES string of the molecule is CCN(CCC(=O)O)C(C#N)c1ccc(F)c(C)c1. The first-order chi connectivity index (χ1) is 8.99. The number of nitrogens with zero attached hydrogens (tertiary/aromatic N) is 2. The van der Waals surface area contributed by atoms with Crippen LogP contribution in [0.15, 0.2) is 18.2 Å². The van der Waals surface area contributed by atoms with Crippen LogP contribution in [0.4, 0.5) is 4.39 Å². The summed E-state index contributed by atoms with van der Waals surface area (Å²) in [4.78, 5) is 12.4. The molecule has 0 saturated heterocycles. The summed E-state index contributed by atoms with van der Waals surface area (Å²) in [7, 11) is 0. The van der Waals surface area contributed by atoms with Crippen LogP contribution in [0.5, 0.6) is 0 Å². The zero-order valence-corrected chi connectivity index (χ0v) is 11.1. The van der Waals surface area contributed by atoms with Gasteiger partial charge in [0.15, 0.2) is 0 Å². The molecule has 1 aromatic carbocycles. The third-order valence-corrected chi connectivity index (χ3v) is 3.00. The van der Waals surface area contributed by atoms with Gasteiger partial charge in [0.2, 0.25) is 0 Å². The predicted molar refractivity (Wildman–Crippen MR) is 69.0 cm³/mol. The molecule has 5 heteroatoms. The van der Waals surface area contributed by atoms with Gasteiger partial charge in [-0.1, -0.05) is 19.1 Å². The Labute approximate surface area is 112 Å². The summed E-state index contributed by atoms with van der Waals surface area (Å²) in [5.74, 6) is -1.21. The Bertz CT molecular complexity index is 497. The third-order valence-electron chi connectivity index (χ3n) is 3.00. The van der Waals surface area contributed by atoms with E-state index in [1.807, 2.05) is 6.92 Å². The van der Waals surface area contributed by atoms with Crippen molar-refractivity contribution in [2.75, 3.05) is 13.1 Å². The van der Waals surface area contributed by atoms with Gasteiger partial charge in [-0.15, -0.1) is 0 Å². The quantitative estimate of drug-likeness (QED) is 0.857. The molecule has 0 saturated carbocycles. The molecule has 0 spiro atoms. The molecule has 0 fully saturated rings. The maximum absolute atomic E-state index is 13.2. The molecule has 0 amide bonds. The molecule has 1 N–H and O–H groups in total. The Morgan fingerprint density at radius 2 is 2.26 bits per heavy atom. The monoisotopic (exact) mass is 264 g/mol. The van der Waals surface area contributed by atoms with E-state index in [4.69, 9.17) is 5.11 Å². The molecule has 1 atom stereocenters. The highest BCUT2D eigenvalue weighted by molar-refractivity contribution is 5.66. The fourth-order valence-corrected chi connectivity index (χ4v) is 1.91. The molecule has 102 valence electrons. The van der Waals surface area contributed by atoms with Gasteiger partial charge in [-0.3, -0.25) is 9.69 Å². The van der Waals surface area contributed by atoms with Gasteiger partial charge in [-0.25, -0.2) is 4.39 Å². The molecular weight excluding hydrogens is 247 g/mol. The molecule has 1 aromatic rings. The van der Waals surface area contributed by atoms with E-state index < -0.39 is 12.0 Å². The van der Waals surface area contributed by atoms with Crippen LogP contribution in [0.2, 0.25) is 0 Å². The number of carboxylic acid groups (broad SMARTS) is 1. The molecule has 0 aromatic heterocycles. The molecule has 4 nitrogen and oxygen atoms in total. The molecule has 0 bridgehead atoms. The molecular formula is C14H17FN2O2. The molecule has 0 aliphatic rings. The van der Waals surface area contributed by atoms with Gasteiger partial charge < -0.3 is 5.11 Å². The van der Waals surface area contributed by atoms with E-state index in [1.54, 1.807) is 24.0 Å². The molecule has 1 unspecified atom stereocenters. The van der Waals surface area contributed by atoms with E-state index in [0.717, 1.165) is 0 Å². The topological polar surface area (TPSA) is 64.3 Å². The summed E-state index contributed by atoms with van der Waals surface area (Å²) in [5.41, 5.74) is 1.17. The second-order valence-electron chi connectivity index (χ2n) is 4.31. The normalized spacial score (nSPS) is 12.2. The molecule has 0 aliphatic heterocycles. The molecule has 0 radical (unpaired) electrons. The van der Waals surface area contributed by atoms with Crippen molar-refractivity contribution in [1.29, 1.82) is 5.26 Å². The smallest absolute Gasteiger partial charge is 0.304 e. The summed E-state index contributed by atoms with van der Waals surface area (Å²) >= 11 is 0. The lowest BCUT2D eigenvalue weighted by Crippen LogP contribution is -2.30. The van der Waals surface area contributed by atoms with Crippen LogP contribution < -0.4 is 0 Å². The van der Waals surface area contributed by atoms with Crippen LogP contribution >= 0.6 is 0 Å². The van der Waals surface area contributed by atoms with Crippen molar-refractivity contribution in [2.24, 2.45) is 0 Å². The molecule has 19 heavy (non-hydrogen) atoms. The Morgan fingerprint density at radius 1 is 1.58 bits per heavy atom. The first kappa shape index (κ1) is 15.1. The number of benzene rings is 1.